The maximum Gasteiger partial charge on any atom is 0.239 e. The van der Waals surface area contributed by atoms with Crippen LogP contribution in [0, 0.1) is 6.92 Å². The van der Waals surface area contributed by atoms with Crippen LogP contribution in [0.4, 0.5) is 5.69 Å². The largest absolute Gasteiger partial charge is 0.376 e. The molecule has 104 valence electrons. The first-order valence-electron chi connectivity index (χ1n) is 6.59. The van der Waals surface area contributed by atoms with Crippen molar-refractivity contribution in [1.29, 1.82) is 0 Å². The van der Waals surface area contributed by atoms with Gasteiger partial charge in [-0.3, -0.25) is 9.59 Å². The van der Waals surface area contributed by atoms with E-state index < -0.39 is 0 Å². The third kappa shape index (κ3) is 4.39. The molecule has 0 spiro atoms. The molecule has 4 nitrogen and oxygen atoms in total. The van der Waals surface area contributed by atoms with Gasteiger partial charge in [-0.15, -0.1) is 0 Å². The van der Waals surface area contributed by atoms with E-state index in [4.69, 9.17) is 0 Å². The summed E-state index contributed by atoms with van der Waals surface area (Å²) in [6.07, 6.45) is 0.898. The Labute approximate surface area is 114 Å². The minimum absolute atomic E-state index is 0.00272. The van der Waals surface area contributed by atoms with Gasteiger partial charge in [0.25, 0.3) is 0 Å². The monoisotopic (exact) mass is 262 g/mol. The lowest BCUT2D eigenvalue weighted by Crippen LogP contribution is -2.36. The molecule has 0 unspecified atom stereocenters. The number of hydrogen-bond acceptors (Lipinski definition) is 3. The summed E-state index contributed by atoms with van der Waals surface area (Å²) in [4.78, 5) is 23.3. The summed E-state index contributed by atoms with van der Waals surface area (Å²) in [5, 5.41) is 5.91. The summed E-state index contributed by atoms with van der Waals surface area (Å²) in [5.74, 6) is -0.0618. The molecule has 0 aliphatic rings. The Morgan fingerprint density at radius 2 is 2.00 bits per heavy atom. The van der Waals surface area contributed by atoms with E-state index in [2.05, 4.69) is 10.6 Å². The second-order valence-electron chi connectivity index (χ2n) is 4.78. The smallest absolute Gasteiger partial charge is 0.239 e. The van der Waals surface area contributed by atoms with Gasteiger partial charge in [0.2, 0.25) is 5.91 Å². The third-order valence-corrected chi connectivity index (χ3v) is 3.08. The number of rotatable bonds is 6. The Bertz CT molecular complexity index is 469. The molecule has 2 N–H and O–H groups in total. The molecule has 1 aromatic rings. The van der Waals surface area contributed by atoms with Crippen LogP contribution in [0.5, 0.6) is 0 Å². The van der Waals surface area contributed by atoms with Gasteiger partial charge in [-0.1, -0.05) is 19.1 Å². The van der Waals surface area contributed by atoms with E-state index in [0.29, 0.717) is 11.3 Å². The molecular formula is C15H22N2O2. The number of nitrogens with one attached hydrogen (secondary N) is 2. The van der Waals surface area contributed by atoms with Crippen molar-refractivity contribution in [3.63, 3.8) is 0 Å². The predicted octanol–water partition coefficient (Wildman–Crippen LogP) is 2.52. The molecule has 0 saturated heterocycles. The van der Waals surface area contributed by atoms with E-state index in [1.807, 2.05) is 39.0 Å². The molecule has 1 aromatic carbocycles. The average molecular weight is 262 g/mol. The zero-order valence-electron chi connectivity index (χ0n) is 12.0. The first-order valence-corrected chi connectivity index (χ1v) is 6.59. The van der Waals surface area contributed by atoms with Crippen LogP contribution < -0.4 is 10.6 Å². The van der Waals surface area contributed by atoms with Crippen molar-refractivity contribution in [2.24, 2.45) is 0 Å². The van der Waals surface area contributed by atoms with Gasteiger partial charge < -0.3 is 10.6 Å². The Kier molecular flexibility index (Phi) is 5.55. The minimum Gasteiger partial charge on any atom is -0.376 e. The Morgan fingerprint density at radius 3 is 2.58 bits per heavy atom. The molecule has 1 amide bonds. The fourth-order valence-corrected chi connectivity index (χ4v) is 1.89. The van der Waals surface area contributed by atoms with Gasteiger partial charge in [-0.25, -0.2) is 0 Å². The van der Waals surface area contributed by atoms with E-state index in [1.165, 1.54) is 6.92 Å². The summed E-state index contributed by atoms with van der Waals surface area (Å²) in [6.45, 7) is 7.58. The SMILES string of the molecule is CC[C@H](C)NC(=O)CNc1cccc(C)c1C(C)=O. The average Bonchev–Trinajstić information content (AvgIpc) is 2.35. The summed E-state index contributed by atoms with van der Waals surface area (Å²) < 4.78 is 0. The summed E-state index contributed by atoms with van der Waals surface area (Å²) >= 11 is 0. The zero-order chi connectivity index (χ0) is 14.4. The topological polar surface area (TPSA) is 58.2 Å². The summed E-state index contributed by atoms with van der Waals surface area (Å²) in [7, 11) is 0. The fourth-order valence-electron chi connectivity index (χ4n) is 1.89. The molecule has 0 aromatic heterocycles. The van der Waals surface area contributed by atoms with Gasteiger partial charge in [0.15, 0.2) is 5.78 Å². The summed E-state index contributed by atoms with van der Waals surface area (Å²) in [6, 6.07) is 5.75. The molecule has 1 rings (SSSR count). The number of carbonyl (C=O) groups excluding carboxylic acids is 2. The van der Waals surface area contributed by atoms with Crippen molar-refractivity contribution in [2.75, 3.05) is 11.9 Å². The molecule has 0 aliphatic heterocycles. The highest BCUT2D eigenvalue weighted by Crippen LogP contribution is 2.19. The third-order valence-electron chi connectivity index (χ3n) is 3.08. The van der Waals surface area contributed by atoms with Crippen LogP contribution in [0.1, 0.15) is 43.1 Å². The van der Waals surface area contributed by atoms with Crippen LogP contribution >= 0.6 is 0 Å². The van der Waals surface area contributed by atoms with Gasteiger partial charge in [-0.2, -0.15) is 0 Å². The number of ketones is 1. The fraction of sp³-hybridized carbons (Fsp3) is 0.467. The number of anilines is 1. The number of Topliss-reactive ketones (excluding diaryl/α,β-unsaturated/α-hetero) is 1. The number of hydrogen-bond donors (Lipinski definition) is 2. The molecule has 1 atom stereocenters. The van der Waals surface area contributed by atoms with Crippen molar-refractivity contribution in [2.45, 2.75) is 40.2 Å². The number of carbonyl (C=O) groups is 2. The first-order chi connectivity index (χ1) is 8.95. The van der Waals surface area contributed by atoms with Crippen LogP contribution in [0.3, 0.4) is 0 Å². The van der Waals surface area contributed by atoms with E-state index in [-0.39, 0.29) is 24.3 Å². The molecule has 0 bridgehead atoms. The van der Waals surface area contributed by atoms with Crippen molar-refractivity contribution in [3.8, 4) is 0 Å². The maximum atomic E-state index is 11.7. The Hall–Kier alpha value is -1.84. The number of amides is 1. The van der Waals surface area contributed by atoms with E-state index in [9.17, 15) is 9.59 Å². The van der Waals surface area contributed by atoms with Gasteiger partial charge in [0.05, 0.1) is 6.54 Å². The highest BCUT2D eigenvalue weighted by atomic mass is 16.2. The minimum atomic E-state index is -0.0645. The highest BCUT2D eigenvalue weighted by molar-refractivity contribution is 6.01. The standard InChI is InChI=1S/C15H22N2O2/c1-5-11(3)17-14(19)9-16-13-8-6-7-10(2)15(13)12(4)18/h6-8,11,16H,5,9H2,1-4H3,(H,17,19)/t11-/m0/s1. The Morgan fingerprint density at radius 1 is 1.32 bits per heavy atom. The van der Waals surface area contributed by atoms with E-state index in [1.54, 1.807) is 0 Å². The highest BCUT2D eigenvalue weighted by Gasteiger charge is 2.11. The summed E-state index contributed by atoms with van der Waals surface area (Å²) in [5.41, 5.74) is 2.28. The predicted molar refractivity (Wildman–Crippen MR) is 77.6 cm³/mol. The lowest BCUT2D eigenvalue weighted by Gasteiger charge is -2.14. The van der Waals surface area contributed by atoms with Gasteiger partial charge in [0, 0.05) is 17.3 Å². The molecule has 0 radical (unpaired) electrons. The van der Waals surface area contributed by atoms with Gasteiger partial charge >= 0.3 is 0 Å². The van der Waals surface area contributed by atoms with E-state index >= 15 is 0 Å². The molecular weight excluding hydrogens is 240 g/mol. The van der Waals surface area contributed by atoms with Crippen molar-refractivity contribution in [1.82, 2.24) is 5.32 Å². The van der Waals surface area contributed by atoms with Crippen molar-refractivity contribution >= 4 is 17.4 Å². The van der Waals surface area contributed by atoms with Gasteiger partial charge in [-0.05, 0) is 38.8 Å². The van der Waals surface area contributed by atoms with Crippen LogP contribution in [-0.2, 0) is 4.79 Å². The molecule has 4 heteroatoms. The molecule has 0 aliphatic carbocycles. The number of benzene rings is 1. The maximum absolute atomic E-state index is 11.7. The second-order valence-corrected chi connectivity index (χ2v) is 4.78. The normalized spacial score (nSPS) is 11.8. The number of aryl methyl sites for hydroxylation is 1. The van der Waals surface area contributed by atoms with Crippen LogP contribution in [0.15, 0.2) is 18.2 Å². The lowest BCUT2D eigenvalue weighted by atomic mass is 10.0. The first kappa shape index (κ1) is 15.2. The van der Waals surface area contributed by atoms with Crippen LogP contribution in [-0.4, -0.2) is 24.3 Å². The van der Waals surface area contributed by atoms with E-state index in [0.717, 1.165) is 12.0 Å². The Balaban J connectivity index is 2.71. The van der Waals surface area contributed by atoms with Gasteiger partial charge in [0.1, 0.15) is 0 Å². The quantitative estimate of drug-likeness (QED) is 0.774. The molecule has 0 heterocycles. The van der Waals surface area contributed by atoms with Crippen LogP contribution in [0.2, 0.25) is 0 Å². The molecule has 0 saturated carbocycles. The van der Waals surface area contributed by atoms with Crippen LogP contribution in [0.25, 0.3) is 0 Å². The molecule has 19 heavy (non-hydrogen) atoms. The lowest BCUT2D eigenvalue weighted by molar-refractivity contribution is -0.120. The van der Waals surface area contributed by atoms with Crippen molar-refractivity contribution < 1.29 is 9.59 Å². The zero-order valence-corrected chi connectivity index (χ0v) is 12.0. The molecule has 0 fully saturated rings. The second kappa shape index (κ2) is 6.92. The van der Waals surface area contributed by atoms with Crippen molar-refractivity contribution in [3.05, 3.63) is 29.3 Å².